The van der Waals surface area contributed by atoms with Gasteiger partial charge in [0, 0.05) is 30.9 Å². The lowest BCUT2D eigenvalue weighted by molar-refractivity contribution is -0.138. The molecule has 0 bridgehead atoms. The van der Waals surface area contributed by atoms with Crippen LogP contribution in [0.3, 0.4) is 0 Å². The number of aromatic amines is 1. The number of benzene rings is 2. The first-order valence-corrected chi connectivity index (χ1v) is 11.0. The van der Waals surface area contributed by atoms with Gasteiger partial charge in [-0.15, -0.1) is 0 Å². The normalized spacial score (nSPS) is 12.3. The maximum absolute atomic E-state index is 12.4. The summed E-state index contributed by atoms with van der Waals surface area (Å²) < 4.78 is 26.8. The van der Waals surface area contributed by atoms with E-state index in [9.17, 15) is 23.1 Å². The fraction of sp³-hybridized carbons (Fsp3) is 0.190. The summed E-state index contributed by atoms with van der Waals surface area (Å²) in [5, 5.41) is 11.8. The first-order valence-electron chi connectivity index (χ1n) is 9.51. The zero-order valence-corrected chi connectivity index (χ0v) is 17.3. The number of sulfonamides is 1. The Morgan fingerprint density at radius 2 is 1.74 bits per heavy atom. The predicted octanol–water partition coefficient (Wildman–Crippen LogP) is 1.36. The molecule has 0 unspecified atom stereocenters. The molecule has 10 heteroatoms. The van der Waals surface area contributed by atoms with Crippen LogP contribution >= 0.6 is 0 Å². The number of H-pyrrole nitrogens is 1. The van der Waals surface area contributed by atoms with Crippen molar-refractivity contribution in [2.24, 2.45) is 0 Å². The smallest absolute Gasteiger partial charge is 0.323 e. The number of rotatable bonds is 10. The standard InChI is InChI=1S/C21H22N4O5S/c26-20(16-9-6-15(7-10-16)8-11-19-22-12-13-23-19)24-14-18(21(27)28)25-31(29,30)17-4-2-1-3-5-17/h1-7,9-10,12-13,18,25H,8,11,14H2,(H,22,23)(H,24,26)(H,27,28)/t18-/m0/s1. The molecule has 0 fully saturated rings. The van der Waals surface area contributed by atoms with Crippen LogP contribution in [-0.4, -0.2) is 48.0 Å². The van der Waals surface area contributed by atoms with Gasteiger partial charge in [-0.25, -0.2) is 13.4 Å². The van der Waals surface area contributed by atoms with Crippen LogP contribution < -0.4 is 10.0 Å². The van der Waals surface area contributed by atoms with Crippen LogP contribution in [0.2, 0.25) is 0 Å². The summed E-state index contributed by atoms with van der Waals surface area (Å²) in [6, 6.07) is 12.8. The first-order chi connectivity index (χ1) is 14.8. The molecular weight excluding hydrogens is 420 g/mol. The van der Waals surface area contributed by atoms with Crippen molar-refractivity contribution < 1.29 is 23.1 Å². The number of hydrogen-bond acceptors (Lipinski definition) is 5. The van der Waals surface area contributed by atoms with Crippen molar-refractivity contribution in [3.8, 4) is 0 Å². The second kappa shape index (κ2) is 10.0. The lowest BCUT2D eigenvalue weighted by Crippen LogP contribution is -2.48. The molecule has 0 aliphatic rings. The topological polar surface area (TPSA) is 141 Å². The fourth-order valence-corrected chi connectivity index (χ4v) is 4.06. The molecule has 1 aromatic heterocycles. The monoisotopic (exact) mass is 442 g/mol. The van der Waals surface area contributed by atoms with Crippen LogP contribution in [0.4, 0.5) is 0 Å². The number of aliphatic carboxylic acids is 1. The van der Waals surface area contributed by atoms with E-state index in [-0.39, 0.29) is 4.90 Å². The van der Waals surface area contributed by atoms with Crippen LogP contribution in [-0.2, 0) is 27.7 Å². The molecule has 0 aliphatic carbocycles. The molecule has 1 amide bonds. The Bertz CT molecular complexity index is 1110. The molecule has 0 saturated carbocycles. The Hall–Kier alpha value is -3.50. The number of nitrogens with zero attached hydrogens (tertiary/aromatic N) is 1. The van der Waals surface area contributed by atoms with Gasteiger partial charge >= 0.3 is 5.97 Å². The molecule has 162 valence electrons. The van der Waals surface area contributed by atoms with Crippen molar-refractivity contribution in [2.45, 2.75) is 23.8 Å². The summed E-state index contributed by atoms with van der Waals surface area (Å²) in [6.07, 6.45) is 4.93. The highest BCUT2D eigenvalue weighted by molar-refractivity contribution is 7.89. The average Bonchev–Trinajstić information content (AvgIpc) is 3.29. The number of imidazole rings is 1. The highest BCUT2D eigenvalue weighted by Crippen LogP contribution is 2.09. The van der Waals surface area contributed by atoms with Gasteiger partial charge in [0.15, 0.2) is 0 Å². The summed E-state index contributed by atoms with van der Waals surface area (Å²) in [4.78, 5) is 31.0. The largest absolute Gasteiger partial charge is 0.480 e. The van der Waals surface area contributed by atoms with Gasteiger partial charge in [0.25, 0.3) is 5.91 Å². The fourth-order valence-electron chi connectivity index (χ4n) is 2.85. The highest BCUT2D eigenvalue weighted by atomic mass is 32.2. The summed E-state index contributed by atoms with van der Waals surface area (Å²) in [6.45, 7) is -0.402. The number of nitrogens with one attached hydrogen (secondary N) is 3. The Balaban J connectivity index is 1.56. The van der Waals surface area contributed by atoms with Crippen molar-refractivity contribution in [3.63, 3.8) is 0 Å². The molecule has 0 spiro atoms. The van der Waals surface area contributed by atoms with E-state index in [0.717, 1.165) is 24.2 Å². The van der Waals surface area contributed by atoms with Crippen molar-refractivity contribution >= 4 is 21.9 Å². The molecule has 1 atom stereocenters. The van der Waals surface area contributed by atoms with Gasteiger partial charge in [-0.2, -0.15) is 4.72 Å². The SMILES string of the molecule is O=C(NC[C@H](NS(=O)(=O)c1ccccc1)C(=O)O)c1ccc(CCc2ncc[nH]2)cc1. The number of carboxylic acids is 1. The maximum Gasteiger partial charge on any atom is 0.323 e. The van der Waals surface area contributed by atoms with Gasteiger partial charge in [-0.3, -0.25) is 9.59 Å². The third-order valence-electron chi connectivity index (χ3n) is 4.54. The van der Waals surface area contributed by atoms with E-state index in [1.807, 2.05) is 12.1 Å². The van der Waals surface area contributed by atoms with Crippen molar-refractivity contribution in [3.05, 3.63) is 83.9 Å². The van der Waals surface area contributed by atoms with Crippen molar-refractivity contribution in [1.29, 1.82) is 0 Å². The van der Waals surface area contributed by atoms with E-state index >= 15 is 0 Å². The first kappa shape index (κ1) is 22.2. The van der Waals surface area contributed by atoms with Gasteiger partial charge in [0.05, 0.1) is 4.90 Å². The van der Waals surface area contributed by atoms with Gasteiger partial charge in [0.1, 0.15) is 11.9 Å². The molecule has 3 aromatic rings. The summed E-state index contributed by atoms with van der Waals surface area (Å²) in [5.41, 5.74) is 1.36. The molecule has 0 aliphatic heterocycles. The van der Waals surface area contributed by atoms with E-state index in [1.54, 1.807) is 30.6 Å². The number of hydrogen-bond donors (Lipinski definition) is 4. The summed E-state index contributed by atoms with van der Waals surface area (Å²) in [7, 11) is -4.04. The Labute approximate surface area is 179 Å². The number of carboxylic acid groups (broad SMARTS) is 1. The van der Waals surface area contributed by atoms with Crippen LogP contribution in [0.15, 0.2) is 71.9 Å². The lowest BCUT2D eigenvalue weighted by Gasteiger charge is -2.15. The highest BCUT2D eigenvalue weighted by Gasteiger charge is 2.25. The van der Waals surface area contributed by atoms with Crippen molar-refractivity contribution in [1.82, 2.24) is 20.0 Å². The zero-order valence-electron chi connectivity index (χ0n) is 16.5. The molecule has 9 nitrogen and oxygen atoms in total. The Morgan fingerprint density at radius 1 is 1.03 bits per heavy atom. The van der Waals surface area contributed by atoms with Gasteiger partial charge in [0.2, 0.25) is 10.0 Å². The minimum atomic E-state index is -4.04. The second-order valence-electron chi connectivity index (χ2n) is 6.77. The Kier molecular flexibility index (Phi) is 7.16. The van der Waals surface area contributed by atoms with E-state index in [1.165, 1.54) is 24.3 Å². The van der Waals surface area contributed by atoms with Crippen molar-refractivity contribution in [2.75, 3.05) is 6.54 Å². The third kappa shape index (κ3) is 6.24. The third-order valence-corrected chi connectivity index (χ3v) is 6.02. The minimum Gasteiger partial charge on any atom is -0.480 e. The molecule has 0 radical (unpaired) electrons. The lowest BCUT2D eigenvalue weighted by atomic mass is 10.1. The van der Waals surface area contributed by atoms with E-state index in [2.05, 4.69) is 20.0 Å². The molecular formula is C21H22N4O5S. The number of carbonyl (C=O) groups is 2. The molecule has 3 rings (SSSR count). The molecule has 0 saturated heterocycles. The van der Waals surface area contributed by atoms with E-state index in [0.29, 0.717) is 5.56 Å². The summed E-state index contributed by atoms with van der Waals surface area (Å²) in [5.74, 6) is -1.02. The number of aryl methyl sites for hydroxylation is 2. The maximum atomic E-state index is 12.4. The van der Waals surface area contributed by atoms with Crippen LogP contribution in [0.1, 0.15) is 21.7 Å². The summed E-state index contributed by atoms with van der Waals surface area (Å²) >= 11 is 0. The predicted molar refractivity (Wildman–Crippen MR) is 113 cm³/mol. The molecule has 31 heavy (non-hydrogen) atoms. The average molecular weight is 442 g/mol. The van der Waals surface area contributed by atoms with E-state index < -0.39 is 34.5 Å². The Morgan fingerprint density at radius 3 is 2.35 bits per heavy atom. The van der Waals surface area contributed by atoms with Crippen LogP contribution in [0.5, 0.6) is 0 Å². The van der Waals surface area contributed by atoms with Crippen LogP contribution in [0, 0.1) is 0 Å². The second-order valence-corrected chi connectivity index (χ2v) is 8.48. The quantitative estimate of drug-likeness (QED) is 0.374. The van der Waals surface area contributed by atoms with Crippen LogP contribution in [0.25, 0.3) is 0 Å². The number of aromatic nitrogens is 2. The number of carbonyl (C=O) groups excluding carboxylic acids is 1. The van der Waals surface area contributed by atoms with Gasteiger partial charge < -0.3 is 15.4 Å². The molecule has 1 heterocycles. The minimum absolute atomic E-state index is 0.0577. The number of amides is 1. The van der Waals surface area contributed by atoms with E-state index in [4.69, 9.17) is 0 Å². The van der Waals surface area contributed by atoms with Gasteiger partial charge in [-0.05, 0) is 36.2 Å². The molecule has 4 N–H and O–H groups in total. The van der Waals surface area contributed by atoms with Gasteiger partial charge in [-0.1, -0.05) is 30.3 Å². The zero-order chi connectivity index (χ0) is 22.3. The molecule has 2 aromatic carbocycles.